The lowest BCUT2D eigenvalue weighted by Gasteiger charge is -2.33. The molecule has 1 fully saturated rings. The van der Waals surface area contributed by atoms with Gasteiger partial charge in [0.2, 0.25) is 0 Å². The highest BCUT2D eigenvalue weighted by molar-refractivity contribution is 8.01. The number of anilines is 1. The molecule has 1 saturated heterocycles. The van der Waals surface area contributed by atoms with Crippen molar-refractivity contribution >= 4 is 29.3 Å². The molecule has 7 heteroatoms. The van der Waals surface area contributed by atoms with E-state index in [1.165, 1.54) is 23.9 Å². The summed E-state index contributed by atoms with van der Waals surface area (Å²) in [4.78, 5) is 29.6. The minimum Gasteiger partial charge on any atom is -0.497 e. The minimum atomic E-state index is -1.29. The second-order valence-electron chi connectivity index (χ2n) is 8.22. The number of carbonyl (C=O) groups is 2. The quantitative estimate of drug-likeness (QED) is 0.563. The van der Waals surface area contributed by atoms with E-state index in [9.17, 15) is 14.0 Å². The molecule has 2 aliphatic rings. The zero-order valence-corrected chi connectivity index (χ0v) is 19.2. The van der Waals surface area contributed by atoms with E-state index in [0.29, 0.717) is 41.4 Å². The molecule has 3 aromatic carbocycles. The molecule has 0 unspecified atom stereocenters. The number of ether oxygens (including phenoxy) is 1. The van der Waals surface area contributed by atoms with E-state index in [2.05, 4.69) is 0 Å². The fraction of sp³-hybridized carbons (Fsp3) is 0.231. The molecule has 0 aliphatic carbocycles. The first-order valence-corrected chi connectivity index (χ1v) is 11.7. The van der Waals surface area contributed by atoms with E-state index in [1.807, 2.05) is 31.2 Å². The van der Waals surface area contributed by atoms with Crippen LogP contribution < -0.4 is 9.64 Å². The first-order valence-electron chi connectivity index (χ1n) is 10.7. The van der Waals surface area contributed by atoms with Gasteiger partial charge >= 0.3 is 0 Å². The van der Waals surface area contributed by atoms with Gasteiger partial charge in [-0.2, -0.15) is 0 Å². The third kappa shape index (κ3) is 3.47. The Labute approximate surface area is 196 Å². The number of hydrogen-bond donors (Lipinski definition) is 0. The van der Waals surface area contributed by atoms with E-state index in [1.54, 1.807) is 47.2 Å². The number of fused-ring (bicyclic) bond motifs is 2. The van der Waals surface area contributed by atoms with Crippen LogP contribution in [0.1, 0.15) is 27.0 Å². The Balaban J connectivity index is 1.58. The smallest absolute Gasteiger partial charge is 0.268 e. The molecule has 1 atom stereocenters. The van der Waals surface area contributed by atoms with Crippen LogP contribution in [0.5, 0.6) is 5.75 Å². The highest BCUT2D eigenvalue weighted by atomic mass is 32.2. The molecule has 1 spiro atoms. The molecule has 0 saturated carbocycles. The number of halogens is 1. The Hall–Kier alpha value is -3.32. The van der Waals surface area contributed by atoms with Crippen LogP contribution in [0.3, 0.4) is 0 Å². The van der Waals surface area contributed by atoms with E-state index >= 15 is 0 Å². The largest absolute Gasteiger partial charge is 0.497 e. The first kappa shape index (κ1) is 21.5. The molecule has 0 bridgehead atoms. The zero-order chi connectivity index (χ0) is 23.2. The van der Waals surface area contributed by atoms with Gasteiger partial charge in [0, 0.05) is 23.4 Å². The molecule has 168 valence electrons. The monoisotopic (exact) mass is 462 g/mol. The molecule has 3 aromatic rings. The Morgan fingerprint density at radius 1 is 1.12 bits per heavy atom. The van der Waals surface area contributed by atoms with Crippen LogP contribution in [0.15, 0.2) is 66.7 Å². The third-order valence-electron chi connectivity index (χ3n) is 6.18. The zero-order valence-electron chi connectivity index (χ0n) is 18.4. The number of methoxy groups -OCH3 is 1. The number of hydrogen-bond acceptors (Lipinski definition) is 4. The highest BCUT2D eigenvalue weighted by Gasteiger charge is 2.59. The number of nitrogens with zero attached hydrogens (tertiary/aromatic N) is 2. The summed E-state index contributed by atoms with van der Waals surface area (Å²) >= 11 is 1.39. The average molecular weight is 463 g/mol. The predicted octanol–water partition coefficient (Wildman–Crippen LogP) is 4.73. The lowest BCUT2D eigenvalue weighted by Crippen LogP contribution is -2.50. The van der Waals surface area contributed by atoms with Gasteiger partial charge in [-0.25, -0.2) is 4.39 Å². The van der Waals surface area contributed by atoms with Crippen LogP contribution in [-0.4, -0.2) is 36.1 Å². The summed E-state index contributed by atoms with van der Waals surface area (Å²) in [5.74, 6) is 0.212. The lowest BCUT2D eigenvalue weighted by molar-refractivity contribution is -0.123. The molecule has 5 rings (SSSR count). The maximum atomic E-state index is 14.4. The van der Waals surface area contributed by atoms with Crippen molar-refractivity contribution in [2.45, 2.75) is 18.3 Å². The van der Waals surface area contributed by atoms with Gasteiger partial charge in [0.05, 0.1) is 19.3 Å². The van der Waals surface area contributed by atoms with E-state index in [-0.39, 0.29) is 11.8 Å². The van der Waals surface area contributed by atoms with Crippen molar-refractivity contribution in [3.8, 4) is 5.75 Å². The number of aryl methyl sites for hydroxylation is 1. The molecule has 2 amide bonds. The number of carbonyl (C=O) groups excluding carboxylic acids is 2. The summed E-state index contributed by atoms with van der Waals surface area (Å²) in [6.07, 6.45) is 0. The van der Waals surface area contributed by atoms with Crippen molar-refractivity contribution in [1.29, 1.82) is 0 Å². The van der Waals surface area contributed by atoms with Gasteiger partial charge in [0.25, 0.3) is 11.8 Å². The van der Waals surface area contributed by atoms with Crippen LogP contribution in [-0.2, 0) is 16.2 Å². The van der Waals surface area contributed by atoms with Crippen LogP contribution in [0.4, 0.5) is 10.1 Å². The number of thioether (sulfide) groups is 1. The molecule has 5 nitrogen and oxygen atoms in total. The van der Waals surface area contributed by atoms with Crippen LogP contribution in [0.2, 0.25) is 0 Å². The van der Waals surface area contributed by atoms with Gasteiger partial charge in [-0.3, -0.25) is 9.59 Å². The minimum absolute atomic E-state index is 0.220. The molecule has 0 radical (unpaired) electrons. The maximum absolute atomic E-state index is 14.4. The van der Waals surface area contributed by atoms with E-state index in [0.717, 1.165) is 11.1 Å². The molecule has 2 aliphatic heterocycles. The second-order valence-corrected chi connectivity index (χ2v) is 9.51. The molecule has 33 heavy (non-hydrogen) atoms. The first-order chi connectivity index (χ1) is 15.9. The summed E-state index contributed by atoms with van der Waals surface area (Å²) in [5, 5.41) is 0. The predicted molar refractivity (Wildman–Crippen MR) is 127 cm³/mol. The van der Waals surface area contributed by atoms with Crippen molar-refractivity contribution in [1.82, 2.24) is 4.90 Å². The topological polar surface area (TPSA) is 49.9 Å². The van der Waals surface area contributed by atoms with Crippen molar-refractivity contribution in [3.63, 3.8) is 0 Å². The van der Waals surface area contributed by atoms with Gasteiger partial charge in [0.1, 0.15) is 11.6 Å². The van der Waals surface area contributed by atoms with Gasteiger partial charge in [0.15, 0.2) is 4.87 Å². The normalized spacial score (nSPS) is 19.3. The molecular formula is C26H23FN2O3S. The SMILES string of the molecule is COc1cccc(C(=O)N2CCS[C@@]23C(=O)N(Cc2ccc(C)cc2)c2ccc(F)cc23)c1. The summed E-state index contributed by atoms with van der Waals surface area (Å²) in [6, 6.07) is 19.2. The standard InChI is InChI=1S/C26H23FN2O3S/c1-17-6-8-18(9-7-17)16-28-23-11-10-20(27)15-22(23)26(25(28)31)29(12-13-33-26)24(30)19-4-3-5-21(14-19)32-2/h3-11,14-15H,12-13,16H2,1-2H3/t26-/m0/s1. The van der Waals surface area contributed by atoms with Crippen molar-refractivity contribution in [2.24, 2.45) is 0 Å². The van der Waals surface area contributed by atoms with Gasteiger partial charge in [-0.15, -0.1) is 11.8 Å². The summed E-state index contributed by atoms with van der Waals surface area (Å²) in [7, 11) is 1.54. The van der Waals surface area contributed by atoms with Gasteiger partial charge < -0.3 is 14.5 Å². The third-order valence-corrected chi connectivity index (χ3v) is 7.60. The van der Waals surface area contributed by atoms with Crippen molar-refractivity contribution < 1.29 is 18.7 Å². The Morgan fingerprint density at radius 3 is 2.67 bits per heavy atom. The Kier molecular flexibility index (Phi) is 5.37. The summed E-state index contributed by atoms with van der Waals surface area (Å²) in [5.41, 5.74) is 3.69. The second kappa shape index (κ2) is 8.23. The molecule has 0 aromatic heterocycles. The average Bonchev–Trinajstić information content (AvgIpc) is 3.37. The van der Waals surface area contributed by atoms with Crippen LogP contribution >= 0.6 is 11.8 Å². The van der Waals surface area contributed by atoms with E-state index < -0.39 is 10.7 Å². The number of benzene rings is 3. The number of rotatable bonds is 4. The number of amides is 2. The van der Waals surface area contributed by atoms with Crippen LogP contribution in [0.25, 0.3) is 0 Å². The van der Waals surface area contributed by atoms with E-state index in [4.69, 9.17) is 4.74 Å². The fourth-order valence-corrected chi connectivity index (χ4v) is 5.98. The Morgan fingerprint density at radius 2 is 1.91 bits per heavy atom. The molecule has 2 heterocycles. The van der Waals surface area contributed by atoms with Crippen molar-refractivity contribution in [2.75, 3.05) is 24.3 Å². The van der Waals surface area contributed by atoms with Crippen molar-refractivity contribution in [3.05, 3.63) is 94.8 Å². The lowest BCUT2D eigenvalue weighted by atomic mass is 10.0. The summed E-state index contributed by atoms with van der Waals surface area (Å²) < 4.78 is 19.7. The molecular weight excluding hydrogens is 439 g/mol. The van der Waals surface area contributed by atoms with Gasteiger partial charge in [-0.1, -0.05) is 35.9 Å². The van der Waals surface area contributed by atoms with Gasteiger partial charge in [-0.05, 0) is 48.9 Å². The maximum Gasteiger partial charge on any atom is 0.268 e. The summed E-state index contributed by atoms with van der Waals surface area (Å²) in [6.45, 7) is 2.75. The fourth-order valence-electron chi connectivity index (χ4n) is 4.53. The molecule has 0 N–H and O–H groups in total. The highest BCUT2D eigenvalue weighted by Crippen LogP contribution is 2.55. The Bertz CT molecular complexity index is 1250. The van der Waals surface area contributed by atoms with Crippen LogP contribution in [0, 0.1) is 12.7 Å².